The average Bonchev–Trinajstić information content (AvgIpc) is 3.20. The zero-order valence-corrected chi connectivity index (χ0v) is 29.8. The third-order valence-corrected chi connectivity index (χ3v) is 13.6. The van der Waals surface area contributed by atoms with Crippen LogP contribution in [0.3, 0.4) is 0 Å². The topological polar surface area (TPSA) is 158 Å². The molecule has 4 aromatic rings. The van der Waals surface area contributed by atoms with Crippen LogP contribution in [0.15, 0.2) is 109 Å². The molecule has 4 aromatic carbocycles. The summed E-state index contributed by atoms with van der Waals surface area (Å²) in [6, 6.07) is 28.3. The lowest BCUT2D eigenvalue weighted by atomic mass is 9.16. The summed E-state index contributed by atoms with van der Waals surface area (Å²) in [5.41, 5.74) is -3.85. The monoisotopic (exact) mass is 734 g/mol. The molecule has 2 amide bonds. The van der Waals surface area contributed by atoms with E-state index in [0.717, 1.165) is 11.1 Å². The van der Waals surface area contributed by atoms with E-state index in [-0.39, 0.29) is 11.5 Å². The Bertz CT molecular complexity index is 1850. The molecular formula is C42H42N2O10. The largest absolute Gasteiger partial charge is 0.497 e. The summed E-state index contributed by atoms with van der Waals surface area (Å²) in [6.45, 7) is -2.08. The van der Waals surface area contributed by atoms with Crippen LogP contribution in [0.4, 0.5) is 9.59 Å². The molecule has 12 heteroatoms. The van der Waals surface area contributed by atoms with Gasteiger partial charge in [-0.15, -0.1) is 0 Å². The fourth-order valence-electron chi connectivity index (χ4n) is 12.6. The molecule has 8 bridgehead atoms. The highest BCUT2D eigenvalue weighted by Gasteiger charge is 3.01. The molecule has 4 saturated heterocycles. The fourth-order valence-corrected chi connectivity index (χ4v) is 12.6. The highest BCUT2D eigenvalue weighted by molar-refractivity contribution is 5.80. The van der Waals surface area contributed by atoms with Crippen LogP contribution in [0.25, 0.3) is 0 Å². The third-order valence-electron chi connectivity index (χ3n) is 13.6. The number of benzene rings is 4. The molecule has 4 N–H and O–H groups in total. The molecule has 6 aliphatic rings. The standard InChI is InChI=1S/C42H42N2O10/c1-51-27-17-13-25(14-18-27)31-39(21-45)33-41(23-47)32(26-15-19-28(52-2)20-16-26)42(24-48)34(43(33)37(49)53-29-9-5-3-6-10-29)40(31,22-46)36(42)44(35(39)41)38(50)54-30-11-7-4-8-12-30/h3-20,31-36,45-48H,21-24H2,1-2H3. The van der Waals surface area contributed by atoms with Gasteiger partial charge in [-0.1, -0.05) is 60.7 Å². The van der Waals surface area contributed by atoms with E-state index in [4.69, 9.17) is 18.9 Å². The van der Waals surface area contributed by atoms with Crippen LogP contribution in [0, 0.1) is 21.7 Å². The van der Waals surface area contributed by atoms with Gasteiger partial charge in [-0.05, 0) is 59.7 Å². The Labute approximate surface area is 312 Å². The smallest absolute Gasteiger partial charge is 0.415 e. The summed E-state index contributed by atoms with van der Waals surface area (Å²) in [7, 11) is 3.13. The Hall–Kier alpha value is -5.14. The van der Waals surface area contributed by atoms with Gasteiger partial charge in [-0.25, -0.2) is 9.59 Å². The predicted octanol–water partition coefficient (Wildman–Crippen LogP) is 4.03. The third kappa shape index (κ3) is 3.91. The molecule has 4 aliphatic heterocycles. The number of para-hydroxylation sites is 2. The van der Waals surface area contributed by atoms with Gasteiger partial charge in [0.2, 0.25) is 0 Å². The number of hydrogen-bond donors (Lipinski definition) is 4. The van der Waals surface area contributed by atoms with E-state index in [1.807, 2.05) is 24.3 Å². The predicted molar refractivity (Wildman–Crippen MR) is 193 cm³/mol. The summed E-state index contributed by atoms with van der Waals surface area (Å²) in [6.07, 6.45) is -1.47. The summed E-state index contributed by atoms with van der Waals surface area (Å²) >= 11 is 0. The molecular weight excluding hydrogens is 692 g/mol. The second-order valence-electron chi connectivity index (χ2n) is 15.3. The maximum Gasteiger partial charge on any atom is 0.415 e. The second-order valence-corrected chi connectivity index (χ2v) is 15.3. The molecule has 54 heavy (non-hydrogen) atoms. The summed E-state index contributed by atoms with van der Waals surface area (Å²) in [5.74, 6) is 0.499. The highest BCUT2D eigenvalue weighted by atomic mass is 16.6. The van der Waals surface area contributed by atoms with Gasteiger partial charge in [-0.3, -0.25) is 9.80 Å². The zero-order chi connectivity index (χ0) is 37.6. The summed E-state index contributed by atoms with van der Waals surface area (Å²) in [5, 5.41) is 48.0. The van der Waals surface area contributed by atoms with Crippen LogP contribution in [-0.4, -0.2) is 107 Å². The number of hydrogen-bond acceptors (Lipinski definition) is 10. The van der Waals surface area contributed by atoms with Crippen molar-refractivity contribution in [1.82, 2.24) is 9.80 Å². The van der Waals surface area contributed by atoms with Gasteiger partial charge < -0.3 is 39.4 Å². The van der Waals surface area contributed by atoms with E-state index in [2.05, 4.69) is 0 Å². The molecule has 12 nitrogen and oxygen atoms in total. The van der Waals surface area contributed by atoms with E-state index < -0.39 is 96.3 Å². The lowest BCUT2D eigenvalue weighted by molar-refractivity contribution is -0.474. The van der Waals surface area contributed by atoms with Crippen LogP contribution in [0.2, 0.25) is 0 Å². The quantitative estimate of drug-likeness (QED) is 0.188. The van der Waals surface area contributed by atoms with Crippen molar-refractivity contribution in [2.75, 3.05) is 40.6 Å². The molecule has 2 saturated carbocycles. The van der Waals surface area contributed by atoms with Crippen molar-refractivity contribution in [2.24, 2.45) is 21.7 Å². The van der Waals surface area contributed by atoms with E-state index in [1.54, 1.807) is 109 Å². The number of piperidine rings is 4. The number of rotatable bonds is 10. The Morgan fingerprint density at radius 2 is 0.778 bits per heavy atom. The van der Waals surface area contributed by atoms with Crippen LogP contribution < -0.4 is 18.9 Å². The van der Waals surface area contributed by atoms with Gasteiger partial charge in [0.15, 0.2) is 0 Å². The molecule has 4 heterocycles. The molecule has 0 radical (unpaired) electrons. The van der Waals surface area contributed by atoms with Gasteiger partial charge in [0.1, 0.15) is 23.0 Å². The molecule has 0 spiro atoms. The van der Waals surface area contributed by atoms with Gasteiger partial charge in [0.05, 0.1) is 64.8 Å². The number of aliphatic hydroxyl groups is 4. The Morgan fingerprint density at radius 1 is 0.481 bits per heavy atom. The van der Waals surface area contributed by atoms with Crippen LogP contribution >= 0.6 is 0 Å². The van der Waals surface area contributed by atoms with E-state index in [9.17, 15) is 30.0 Å². The minimum Gasteiger partial charge on any atom is -0.497 e. The minimum absolute atomic E-state index is 0.289. The average molecular weight is 735 g/mol. The fraction of sp³-hybridized carbons (Fsp3) is 0.381. The molecule has 0 unspecified atom stereocenters. The van der Waals surface area contributed by atoms with E-state index in [1.165, 1.54) is 0 Å². The molecule has 10 rings (SSSR count). The molecule has 0 aromatic heterocycles. The van der Waals surface area contributed by atoms with Crippen molar-refractivity contribution in [1.29, 1.82) is 0 Å². The van der Waals surface area contributed by atoms with Gasteiger partial charge in [0, 0.05) is 33.5 Å². The number of amides is 2. The van der Waals surface area contributed by atoms with Crippen LogP contribution in [-0.2, 0) is 0 Å². The molecule has 280 valence electrons. The lowest BCUT2D eigenvalue weighted by Gasteiger charge is -2.97. The van der Waals surface area contributed by atoms with Crippen molar-refractivity contribution < 1.29 is 49.0 Å². The highest BCUT2D eigenvalue weighted by Crippen LogP contribution is 2.91. The van der Waals surface area contributed by atoms with Crippen molar-refractivity contribution in [3.63, 3.8) is 0 Å². The first-order valence-electron chi connectivity index (χ1n) is 18.1. The normalized spacial score (nSPS) is 34.8. The number of carbonyl (C=O) groups excluding carboxylic acids is 2. The first kappa shape index (κ1) is 34.6. The second kappa shape index (κ2) is 12.2. The van der Waals surface area contributed by atoms with Gasteiger partial charge in [-0.2, -0.15) is 0 Å². The van der Waals surface area contributed by atoms with Crippen molar-refractivity contribution in [3.8, 4) is 23.0 Å². The van der Waals surface area contributed by atoms with Crippen molar-refractivity contribution >= 4 is 12.2 Å². The summed E-state index contributed by atoms with van der Waals surface area (Å²) < 4.78 is 23.1. The SMILES string of the molecule is COc1ccc(C2C3(CO)C4N(C(=O)Oc5ccccc5)C5C2(CO)C2N(C(=O)Oc6ccccc6)C3C4(CO)C(c3ccc(OC)cc3)C52CO)cc1. The van der Waals surface area contributed by atoms with Gasteiger partial charge in [0.25, 0.3) is 0 Å². The first-order valence-corrected chi connectivity index (χ1v) is 18.1. The van der Waals surface area contributed by atoms with Crippen molar-refractivity contribution in [2.45, 2.75) is 36.0 Å². The van der Waals surface area contributed by atoms with Crippen LogP contribution in [0.5, 0.6) is 23.0 Å². The zero-order valence-electron chi connectivity index (χ0n) is 29.8. The van der Waals surface area contributed by atoms with Crippen LogP contribution in [0.1, 0.15) is 23.0 Å². The Morgan fingerprint density at radius 3 is 1.04 bits per heavy atom. The van der Waals surface area contributed by atoms with E-state index in [0.29, 0.717) is 11.5 Å². The Balaban J connectivity index is 1.33. The number of nitrogens with zero attached hydrogens (tertiary/aromatic N) is 2. The Kier molecular flexibility index (Phi) is 7.81. The number of methoxy groups -OCH3 is 2. The summed E-state index contributed by atoms with van der Waals surface area (Å²) in [4.78, 5) is 32.8. The lowest BCUT2D eigenvalue weighted by Crippen LogP contribution is -3.08. The number of ether oxygens (including phenoxy) is 4. The van der Waals surface area contributed by atoms with E-state index >= 15 is 0 Å². The number of carbonyl (C=O) groups is 2. The van der Waals surface area contributed by atoms with Gasteiger partial charge >= 0.3 is 12.2 Å². The number of aliphatic hydroxyl groups excluding tert-OH is 4. The molecule has 6 fully saturated rings. The van der Waals surface area contributed by atoms with Crippen molar-refractivity contribution in [3.05, 3.63) is 120 Å². The molecule has 2 aliphatic carbocycles. The molecule has 0 atom stereocenters. The maximum atomic E-state index is 14.8. The minimum atomic E-state index is -1.34. The first-order chi connectivity index (χ1) is 26.3. The maximum absolute atomic E-state index is 14.8.